The summed E-state index contributed by atoms with van der Waals surface area (Å²) in [7, 11) is 0. The van der Waals surface area contributed by atoms with Crippen LogP contribution in [0, 0.1) is 0 Å². The van der Waals surface area contributed by atoms with E-state index in [4.69, 9.17) is 0 Å². The van der Waals surface area contributed by atoms with E-state index in [-0.39, 0.29) is 18.2 Å². The molecule has 0 spiro atoms. The smallest absolute Gasteiger partial charge is 0.261 e. The first-order valence-electron chi connectivity index (χ1n) is 5.39. The first kappa shape index (κ1) is 13.1. The molecule has 1 rings (SSSR count). The second kappa shape index (κ2) is 5.39. The summed E-state index contributed by atoms with van der Waals surface area (Å²) in [4.78, 5) is 35.6. The van der Waals surface area contributed by atoms with Gasteiger partial charge in [-0.3, -0.25) is 14.5 Å². The van der Waals surface area contributed by atoms with E-state index < -0.39 is 6.04 Å². The number of carbonyl (C=O) groups is 3. The predicted octanol–water partition coefficient (Wildman–Crippen LogP) is 1.39. The molecule has 4 heteroatoms. The molecule has 1 unspecified atom stereocenters. The second-order valence-electron chi connectivity index (χ2n) is 3.75. The minimum atomic E-state index is -0.418. The molecule has 1 atom stereocenters. The van der Waals surface area contributed by atoms with Crippen LogP contribution in [0.25, 0.3) is 0 Å². The van der Waals surface area contributed by atoms with Crippen LogP contribution in [0.4, 0.5) is 0 Å². The van der Waals surface area contributed by atoms with Crippen LogP contribution >= 0.6 is 0 Å². The highest BCUT2D eigenvalue weighted by Crippen LogP contribution is 2.27. The molecule has 0 N–H and O–H groups in total. The number of hydrogen-bond donors (Lipinski definition) is 0. The quantitative estimate of drug-likeness (QED) is 0.419. The monoisotopic (exact) mass is 233 g/mol. The van der Waals surface area contributed by atoms with Gasteiger partial charge in [0.05, 0.1) is 5.57 Å². The Kier molecular flexibility index (Phi) is 4.15. The summed E-state index contributed by atoms with van der Waals surface area (Å²) in [5.74, 6) is -0.711. The van der Waals surface area contributed by atoms with E-state index in [9.17, 15) is 14.4 Å². The minimum absolute atomic E-state index is 0.149. The SMILES string of the molecule is C=C/C=C1/C(=O)N(C(C)CC=O)C(=O)/C1=C/C. The van der Waals surface area contributed by atoms with Gasteiger partial charge in [0.1, 0.15) is 6.29 Å². The number of hydrogen-bond acceptors (Lipinski definition) is 3. The van der Waals surface area contributed by atoms with Crippen molar-refractivity contribution in [2.75, 3.05) is 0 Å². The fourth-order valence-electron chi connectivity index (χ4n) is 1.79. The normalized spacial score (nSPS) is 22.4. The van der Waals surface area contributed by atoms with E-state index in [1.54, 1.807) is 19.9 Å². The van der Waals surface area contributed by atoms with Gasteiger partial charge >= 0.3 is 0 Å². The molecule has 0 aromatic heterocycles. The largest absolute Gasteiger partial charge is 0.303 e. The van der Waals surface area contributed by atoms with Crippen molar-refractivity contribution < 1.29 is 14.4 Å². The highest BCUT2D eigenvalue weighted by atomic mass is 16.2. The number of amides is 2. The number of allylic oxidation sites excluding steroid dienone is 3. The zero-order chi connectivity index (χ0) is 13.0. The van der Waals surface area contributed by atoms with Gasteiger partial charge in [-0.05, 0) is 19.9 Å². The Balaban J connectivity index is 3.17. The molecule has 0 aliphatic carbocycles. The molecule has 1 aliphatic heterocycles. The van der Waals surface area contributed by atoms with Crippen LogP contribution in [0.2, 0.25) is 0 Å². The van der Waals surface area contributed by atoms with Gasteiger partial charge in [0.15, 0.2) is 0 Å². The fourth-order valence-corrected chi connectivity index (χ4v) is 1.79. The van der Waals surface area contributed by atoms with Crippen LogP contribution in [0.5, 0.6) is 0 Å². The molecular formula is C13H15NO3. The van der Waals surface area contributed by atoms with Gasteiger partial charge in [0.25, 0.3) is 11.8 Å². The Morgan fingerprint density at radius 2 is 1.88 bits per heavy atom. The van der Waals surface area contributed by atoms with Crippen LogP contribution < -0.4 is 0 Å². The van der Waals surface area contributed by atoms with Crippen molar-refractivity contribution in [1.29, 1.82) is 0 Å². The average molecular weight is 233 g/mol. The van der Waals surface area contributed by atoms with Gasteiger partial charge in [-0.25, -0.2) is 0 Å². The molecule has 0 bridgehead atoms. The first-order valence-corrected chi connectivity index (χ1v) is 5.39. The zero-order valence-corrected chi connectivity index (χ0v) is 9.97. The lowest BCUT2D eigenvalue weighted by atomic mass is 10.1. The van der Waals surface area contributed by atoms with Crippen molar-refractivity contribution in [3.05, 3.63) is 36.0 Å². The van der Waals surface area contributed by atoms with Gasteiger partial charge in [-0.15, -0.1) is 0 Å². The van der Waals surface area contributed by atoms with Crippen LogP contribution in [0.1, 0.15) is 20.3 Å². The van der Waals surface area contributed by atoms with Crippen molar-refractivity contribution in [3.63, 3.8) is 0 Å². The van der Waals surface area contributed by atoms with Crippen molar-refractivity contribution in [3.8, 4) is 0 Å². The second-order valence-corrected chi connectivity index (χ2v) is 3.75. The molecule has 0 aromatic rings. The maximum absolute atomic E-state index is 12.0. The number of aldehydes is 1. The number of carbonyl (C=O) groups excluding carboxylic acids is 3. The molecule has 0 aromatic carbocycles. The molecule has 17 heavy (non-hydrogen) atoms. The summed E-state index contributed by atoms with van der Waals surface area (Å²) < 4.78 is 0. The summed E-state index contributed by atoms with van der Waals surface area (Å²) in [6.07, 6.45) is 5.44. The minimum Gasteiger partial charge on any atom is -0.303 e. The number of rotatable bonds is 4. The van der Waals surface area contributed by atoms with Gasteiger partial charge in [0.2, 0.25) is 0 Å². The topological polar surface area (TPSA) is 54.5 Å². The zero-order valence-electron chi connectivity index (χ0n) is 9.97. The number of nitrogens with zero attached hydrogens (tertiary/aromatic N) is 1. The Labute approximate surface area is 100 Å². The fraction of sp³-hybridized carbons (Fsp3) is 0.308. The van der Waals surface area contributed by atoms with Crippen LogP contribution in [-0.2, 0) is 14.4 Å². The molecule has 1 fully saturated rings. The van der Waals surface area contributed by atoms with Crippen molar-refractivity contribution in [2.24, 2.45) is 0 Å². The van der Waals surface area contributed by atoms with Crippen molar-refractivity contribution in [2.45, 2.75) is 26.3 Å². The van der Waals surface area contributed by atoms with Gasteiger partial charge in [-0.1, -0.05) is 18.7 Å². The maximum Gasteiger partial charge on any atom is 0.261 e. The van der Waals surface area contributed by atoms with Crippen molar-refractivity contribution >= 4 is 18.1 Å². The molecule has 1 aliphatic rings. The molecule has 0 radical (unpaired) electrons. The maximum atomic E-state index is 12.0. The Morgan fingerprint density at radius 1 is 1.29 bits per heavy atom. The summed E-state index contributed by atoms with van der Waals surface area (Å²) in [5.41, 5.74) is 0.706. The molecule has 90 valence electrons. The first-order chi connectivity index (χ1) is 8.08. The number of likely N-dealkylation sites (tertiary alicyclic amines) is 1. The number of imide groups is 1. The van der Waals surface area contributed by atoms with E-state index >= 15 is 0 Å². The lowest BCUT2D eigenvalue weighted by Gasteiger charge is -2.19. The van der Waals surface area contributed by atoms with E-state index in [0.29, 0.717) is 17.4 Å². The molecule has 0 saturated carbocycles. The third-order valence-corrected chi connectivity index (χ3v) is 2.64. The summed E-state index contributed by atoms with van der Waals surface area (Å²) in [5, 5.41) is 0. The van der Waals surface area contributed by atoms with E-state index in [1.807, 2.05) is 0 Å². The van der Waals surface area contributed by atoms with Gasteiger partial charge < -0.3 is 4.79 Å². The predicted molar refractivity (Wildman–Crippen MR) is 64.0 cm³/mol. The van der Waals surface area contributed by atoms with Gasteiger partial charge in [0, 0.05) is 18.0 Å². The molecule has 2 amide bonds. The van der Waals surface area contributed by atoms with Gasteiger partial charge in [-0.2, -0.15) is 0 Å². The summed E-state index contributed by atoms with van der Waals surface area (Å²) in [6, 6.07) is -0.418. The lowest BCUT2D eigenvalue weighted by Crippen LogP contribution is -2.38. The highest BCUT2D eigenvalue weighted by molar-refractivity contribution is 6.24. The average Bonchev–Trinajstić information content (AvgIpc) is 2.51. The van der Waals surface area contributed by atoms with E-state index in [1.165, 1.54) is 12.2 Å². The Hall–Kier alpha value is -1.97. The third-order valence-electron chi connectivity index (χ3n) is 2.64. The standard InChI is InChI=1S/C13H15NO3/c1-4-6-11-10(5-2)12(16)14(13(11)17)9(3)7-8-15/h4-6,8-9H,1,7H2,2-3H3/b10-5+,11-6+. The third kappa shape index (κ3) is 2.25. The lowest BCUT2D eigenvalue weighted by molar-refractivity contribution is -0.139. The van der Waals surface area contributed by atoms with E-state index in [2.05, 4.69) is 6.58 Å². The molecular weight excluding hydrogens is 218 g/mol. The summed E-state index contributed by atoms with van der Waals surface area (Å²) >= 11 is 0. The molecule has 1 saturated heterocycles. The van der Waals surface area contributed by atoms with Crippen LogP contribution in [-0.4, -0.2) is 29.0 Å². The Morgan fingerprint density at radius 3 is 2.35 bits per heavy atom. The Bertz CT molecular complexity index is 432. The van der Waals surface area contributed by atoms with Crippen LogP contribution in [0.15, 0.2) is 36.0 Å². The molecule has 4 nitrogen and oxygen atoms in total. The summed E-state index contributed by atoms with van der Waals surface area (Å²) in [6.45, 7) is 6.89. The molecule has 1 heterocycles. The van der Waals surface area contributed by atoms with Crippen LogP contribution in [0.3, 0.4) is 0 Å². The van der Waals surface area contributed by atoms with Crippen molar-refractivity contribution in [1.82, 2.24) is 4.90 Å². The van der Waals surface area contributed by atoms with E-state index in [0.717, 1.165) is 4.90 Å². The highest BCUT2D eigenvalue weighted by Gasteiger charge is 2.40.